The van der Waals surface area contributed by atoms with Crippen molar-refractivity contribution in [2.24, 2.45) is 5.10 Å². The van der Waals surface area contributed by atoms with Crippen LogP contribution in [0, 0.1) is 0 Å². The molecule has 0 fully saturated rings. The molecule has 0 atom stereocenters. The first-order chi connectivity index (χ1) is 15.5. The molecule has 0 bridgehead atoms. The summed E-state index contributed by atoms with van der Waals surface area (Å²) in [5.41, 5.74) is 5.32. The Morgan fingerprint density at radius 2 is 1.97 bits per heavy atom. The topological polar surface area (TPSA) is 109 Å². The third kappa shape index (κ3) is 4.08. The molecule has 1 aromatic heterocycles. The Labute approximate surface area is 188 Å². The molecule has 0 aliphatic rings. The summed E-state index contributed by atoms with van der Waals surface area (Å²) in [4.78, 5) is 20.1. The first-order valence-electron chi connectivity index (χ1n) is 9.54. The number of aromatic amines is 1. The highest BCUT2D eigenvalue weighted by Gasteiger charge is 2.13. The largest absolute Gasteiger partial charge is 0.507 e. The maximum atomic E-state index is 12.5. The van der Waals surface area contributed by atoms with E-state index in [1.54, 1.807) is 48.5 Å². The van der Waals surface area contributed by atoms with Gasteiger partial charge in [-0.3, -0.25) is 4.79 Å². The number of carbonyl (C=O) groups excluding carboxylic acids is 1. The van der Waals surface area contributed by atoms with Gasteiger partial charge >= 0.3 is 0 Å². The van der Waals surface area contributed by atoms with Crippen LogP contribution in [0.3, 0.4) is 0 Å². The number of nitrogens with zero attached hydrogens (tertiary/aromatic N) is 2. The number of halogens is 1. The number of phenols is 1. The zero-order valence-corrected chi connectivity index (χ0v) is 18.0. The molecule has 0 unspecified atom stereocenters. The molecule has 162 valence electrons. The summed E-state index contributed by atoms with van der Waals surface area (Å²) in [7, 11) is 3.01. The molecule has 0 aliphatic carbocycles. The average Bonchev–Trinajstić information content (AvgIpc) is 3.23. The highest BCUT2D eigenvalue weighted by atomic mass is 35.5. The second-order valence-corrected chi connectivity index (χ2v) is 7.12. The van der Waals surface area contributed by atoms with Crippen molar-refractivity contribution in [3.63, 3.8) is 0 Å². The Balaban J connectivity index is 1.53. The zero-order chi connectivity index (χ0) is 22.7. The van der Waals surface area contributed by atoms with Crippen LogP contribution in [-0.2, 0) is 0 Å². The number of rotatable bonds is 6. The normalized spacial score (nSPS) is 11.1. The third-order valence-electron chi connectivity index (χ3n) is 4.79. The molecule has 0 saturated heterocycles. The molecule has 4 aromatic rings. The van der Waals surface area contributed by atoms with Crippen LogP contribution in [0.4, 0.5) is 0 Å². The maximum Gasteiger partial charge on any atom is 0.271 e. The number of aromatic hydroxyl groups is 1. The van der Waals surface area contributed by atoms with E-state index in [4.69, 9.17) is 21.1 Å². The van der Waals surface area contributed by atoms with Crippen LogP contribution < -0.4 is 14.9 Å². The SMILES string of the molecule is COc1ccc(/C=N/NC(=O)c2ccc3nc(-c4ccccc4O)[nH]c3c2)c(Cl)c1OC. The van der Waals surface area contributed by atoms with Gasteiger partial charge in [0.1, 0.15) is 11.6 Å². The van der Waals surface area contributed by atoms with Crippen molar-refractivity contribution in [3.05, 3.63) is 70.7 Å². The van der Waals surface area contributed by atoms with Gasteiger partial charge < -0.3 is 19.6 Å². The van der Waals surface area contributed by atoms with Crippen molar-refractivity contribution in [1.82, 2.24) is 15.4 Å². The smallest absolute Gasteiger partial charge is 0.271 e. The number of H-pyrrole nitrogens is 1. The lowest BCUT2D eigenvalue weighted by atomic mass is 10.2. The van der Waals surface area contributed by atoms with Gasteiger partial charge in [0, 0.05) is 11.1 Å². The fourth-order valence-corrected chi connectivity index (χ4v) is 3.46. The standard InChI is InChI=1S/C23H19ClN4O4/c1-31-19-10-8-14(20(24)21(19)32-2)12-25-28-23(30)13-7-9-16-17(11-13)27-22(26-16)15-5-3-4-6-18(15)29/h3-12,29H,1-2H3,(H,26,27)(H,28,30)/b25-12+. The van der Waals surface area contributed by atoms with Gasteiger partial charge in [-0.05, 0) is 42.5 Å². The van der Waals surface area contributed by atoms with Crippen molar-refractivity contribution >= 4 is 34.8 Å². The van der Waals surface area contributed by atoms with Gasteiger partial charge in [-0.25, -0.2) is 10.4 Å². The van der Waals surface area contributed by atoms with Crippen LogP contribution in [0.1, 0.15) is 15.9 Å². The van der Waals surface area contributed by atoms with Crippen LogP contribution in [0.5, 0.6) is 17.2 Å². The van der Waals surface area contributed by atoms with Crippen LogP contribution in [-0.4, -0.2) is 41.4 Å². The molecule has 0 spiro atoms. The van der Waals surface area contributed by atoms with Crippen molar-refractivity contribution < 1.29 is 19.4 Å². The van der Waals surface area contributed by atoms with E-state index in [1.165, 1.54) is 20.4 Å². The molecule has 0 radical (unpaired) electrons. The fraction of sp³-hybridized carbons (Fsp3) is 0.0870. The van der Waals surface area contributed by atoms with Crippen molar-refractivity contribution in [1.29, 1.82) is 0 Å². The number of methoxy groups -OCH3 is 2. The number of phenolic OH excluding ortho intramolecular Hbond substituents is 1. The molecule has 3 N–H and O–H groups in total. The van der Waals surface area contributed by atoms with Gasteiger partial charge in [0.15, 0.2) is 11.5 Å². The molecule has 0 saturated carbocycles. The molecule has 3 aromatic carbocycles. The Hall–Kier alpha value is -4.04. The quantitative estimate of drug-likeness (QED) is 0.298. The van der Waals surface area contributed by atoms with Crippen molar-refractivity contribution in [2.45, 2.75) is 0 Å². The number of benzene rings is 3. The van der Waals surface area contributed by atoms with E-state index in [9.17, 15) is 9.90 Å². The first-order valence-corrected chi connectivity index (χ1v) is 9.91. The lowest BCUT2D eigenvalue weighted by Gasteiger charge is -2.10. The zero-order valence-electron chi connectivity index (χ0n) is 17.2. The van der Waals surface area contributed by atoms with Crippen LogP contribution in [0.2, 0.25) is 5.02 Å². The second-order valence-electron chi connectivity index (χ2n) is 6.74. The molecule has 8 nitrogen and oxygen atoms in total. The van der Waals surface area contributed by atoms with E-state index in [2.05, 4.69) is 20.5 Å². The number of carbonyl (C=O) groups is 1. The van der Waals surface area contributed by atoms with E-state index in [-0.39, 0.29) is 5.75 Å². The molecular formula is C23H19ClN4O4. The predicted molar refractivity (Wildman–Crippen MR) is 123 cm³/mol. The summed E-state index contributed by atoms with van der Waals surface area (Å²) in [6, 6.07) is 15.3. The number of fused-ring (bicyclic) bond motifs is 1. The van der Waals surface area contributed by atoms with Gasteiger partial charge in [0.25, 0.3) is 5.91 Å². The number of nitrogens with one attached hydrogen (secondary N) is 2. The molecule has 0 aliphatic heterocycles. The minimum atomic E-state index is -0.404. The van der Waals surface area contributed by atoms with E-state index >= 15 is 0 Å². The second kappa shape index (κ2) is 8.99. The molecule has 1 amide bonds. The summed E-state index contributed by atoms with van der Waals surface area (Å²) in [5, 5.41) is 14.4. The molecule has 4 rings (SSSR count). The number of para-hydroxylation sites is 1. The van der Waals surface area contributed by atoms with Crippen LogP contribution in [0.25, 0.3) is 22.4 Å². The predicted octanol–water partition coefficient (Wildman–Crippen LogP) is 4.37. The summed E-state index contributed by atoms with van der Waals surface area (Å²) in [5.74, 6) is 1.10. The number of aromatic nitrogens is 2. The molecule has 1 heterocycles. The van der Waals surface area contributed by atoms with Gasteiger partial charge in [0.2, 0.25) is 0 Å². The van der Waals surface area contributed by atoms with Crippen molar-refractivity contribution in [3.8, 4) is 28.6 Å². The van der Waals surface area contributed by atoms with Gasteiger partial charge in [-0.15, -0.1) is 0 Å². The highest BCUT2D eigenvalue weighted by molar-refractivity contribution is 6.34. The summed E-state index contributed by atoms with van der Waals surface area (Å²) < 4.78 is 10.5. The monoisotopic (exact) mass is 450 g/mol. The summed E-state index contributed by atoms with van der Waals surface area (Å²) in [6.45, 7) is 0. The van der Waals surface area contributed by atoms with Crippen LogP contribution in [0.15, 0.2) is 59.7 Å². The molecular weight excluding hydrogens is 432 g/mol. The Morgan fingerprint density at radius 3 is 2.72 bits per heavy atom. The Bertz CT molecular complexity index is 1330. The summed E-state index contributed by atoms with van der Waals surface area (Å²) in [6.07, 6.45) is 1.42. The average molecular weight is 451 g/mol. The fourth-order valence-electron chi connectivity index (χ4n) is 3.18. The highest BCUT2D eigenvalue weighted by Crippen LogP contribution is 2.36. The van der Waals surface area contributed by atoms with Gasteiger partial charge in [-0.2, -0.15) is 5.10 Å². The van der Waals surface area contributed by atoms with E-state index in [0.717, 1.165) is 0 Å². The number of imidazole rings is 1. The van der Waals surface area contributed by atoms with Crippen LogP contribution >= 0.6 is 11.6 Å². The lowest BCUT2D eigenvalue weighted by Crippen LogP contribution is -2.17. The number of amides is 1. The minimum absolute atomic E-state index is 0.118. The molecule has 9 heteroatoms. The number of hydrogen-bond donors (Lipinski definition) is 3. The van der Waals surface area contributed by atoms with Crippen molar-refractivity contribution in [2.75, 3.05) is 14.2 Å². The van der Waals surface area contributed by atoms with E-state index in [0.29, 0.717) is 50.1 Å². The van der Waals surface area contributed by atoms with E-state index < -0.39 is 5.91 Å². The minimum Gasteiger partial charge on any atom is -0.507 e. The lowest BCUT2D eigenvalue weighted by molar-refractivity contribution is 0.0955. The molecule has 32 heavy (non-hydrogen) atoms. The summed E-state index contributed by atoms with van der Waals surface area (Å²) >= 11 is 6.32. The number of ether oxygens (including phenoxy) is 2. The Morgan fingerprint density at radius 1 is 1.16 bits per heavy atom. The first kappa shape index (κ1) is 21.2. The van der Waals surface area contributed by atoms with Gasteiger partial charge in [0.05, 0.1) is 42.1 Å². The number of hydrogen-bond acceptors (Lipinski definition) is 6. The van der Waals surface area contributed by atoms with E-state index in [1.807, 2.05) is 6.07 Å². The Kier molecular flexibility index (Phi) is 5.96. The van der Waals surface area contributed by atoms with Gasteiger partial charge in [-0.1, -0.05) is 23.7 Å². The third-order valence-corrected chi connectivity index (χ3v) is 5.18. The number of hydrazone groups is 1. The maximum absolute atomic E-state index is 12.5.